The minimum atomic E-state index is -0.329. The van der Waals surface area contributed by atoms with Gasteiger partial charge in [-0.1, -0.05) is 44.0 Å². The van der Waals surface area contributed by atoms with Crippen molar-refractivity contribution in [2.75, 3.05) is 0 Å². The Morgan fingerprint density at radius 2 is 1.90 bits per heavy atom. The molecule has 30 heavy (non-hydrogen) atoms. The average molecular weight is 422 g/mol. The molecule has 0 aliphatic heterocycles. The molecular formula is C24H27N3O2S. The summed E-state index contributed by atoms with van der Waals surface area (Å²) in [4.78, 5) is 17.0. The van der Waals surface area contributed by atoms with Gasteiger partial charge in [-0.25, -0.2) is 4.99 Å². The van der Waals surface area contributed by atoms with Crippen LogP contribution in [0.2, 0.25) is 0 Å². The number of nitrogens with zero attached hydrogens (tertiary/aromatic N) is 3. The van der Waals surface area contributed by atoms with Crippen LogP contribution in [0.5, 0.6) is 0 Å². The third-order valence-corrected chi connectivity index (χ3v) is 7.12. The van der Waals surface area contributed by atoms with E-state index in [9.17, 15) is 10.1 Å². The lowest BCUT2D eigenvalue weighted by atomic mass is 9.85. The standard InChI is InChI=1S/C24H27N3O2S/c1-16-9-6-12-21(18(16)3)25-24-26(22-13-5-4-8-17(22)2)23(15-30-24)19-10-7-11-20(14-19)27(28)29/h6-7,9-12,14-15,17,22H,4-5,8,13H2,1-3H3. The molecule has 1 fully saturated rings. The lowest BCUT2D eigenvalue weighted by Crippen LogP contribution is -2.28. The van der Waals surface area contributed by atoms with E-state index in [0.717, 1.165) is 28.2 Å². The number of non-ortho nitro benzene ring substituents is 1. The molecule has 3 aromatic rings. The van der Waals surface area contributed by atoms with Crippen molar-refractivity contribution in [2.45, 2.75) is 52.5 Å². The average Bonchev–Trinajstić information content (AvgIpc) is 3.15. The molecule has 5 nitrogen and oxygen atoms in total. The Balaban J connectivity index is 1.92. The molecule has 0 spiro atoms. The summed E-state index contributed by atoms with van der Waals surface area (Å²) >= 11 is 1.62. The Morgan fingerprint density at radius 1 is 1.13 bits per heavy atom. The molecule has 0 radical (unpaired) electrons. The lowest BCUT2D eigenvalue weighted by Gasteiger charge is -2.31. The summed E-state index contributed by atoms with van der Waals surface area (Å²) in [5.74, 6) is 0.545. The molecule has 1 aromatic heterocycles. The predicted octanol–water partition coefficient (Wildman–Crippen LogP) is 6.73. The van der Waals surface area contributed by atoms with Gasteiger partial charge in [-0.2, -0.15) is 0 Å². The summed E-state index contributed by atoms with van der Waals surface area (Å²) in [7, 11) is 0. The lowest BCUT2D eigenvalue weighted by molar-refractivity contribution is -0.384. The van der Waals surface area contributed by atoms with Crippen LogP contribution in [-0.2, 0) is 0 Å². The van der Waals surface area contributed by atoms with E-state index in [1.807, 2.05) is 12.1 Å². The van der Waals surface area contributed by atoms with Crippen LogP contribution in [0.3, 0.4) is 0 Å². The first kappa shape index (κ1) is 20.5. The van der Waals surface area contributed by atoms with Crippen molar-refractivity contribution < 1.29 is 4.92 Å². The minimum absolute atomic E-state index is 0.120. The Bertz CT molecular complexity index is 1150. The van der Waals surface area contributed by atoms with Crippen molar-refractivity contribution in [3.8, 4) is 11.3 Å². The van der Waals surface area contributed by atoms with E-state index in [1.54, 1.807) is 29.5 Å². The second-order valence-corrected chi connectivity index (χ2v) is 9.08. The molecule has 0 N–H and O–H groups in total. The van der Waals surface area contributed by atoms with Crippen molar-refractivity contribution in [3.63, 3.8) is 0 Å². The molecule has 0 amide bonds. The number of aryl methyl sites for hydroxylation is 1. The molecule has 1 aliphatic rings. The quantitative estimate of drug-likeness (QED) is 0.346. The molecule has 2 atom stereocenters. The van der Waals surface area contributed by atoms with Crippen molar-refractivity contribution in [2.24, 2.45) is 10.9 Å². The van der Waals surface area contributed by atoms with Crippen LogP contribution in [0.4, 0.5) is 11.4 Å². The highest BCUT2D eigenvalue weighted by Crippen LogP contribution is 2.37. The van der Waals surface area contributed by atoms with Crippen LogP contribution >= 0.6 is 11.3 Å². The summed E-state index contributed by atoms with van der Waals surface area (Å²) in [6.45, 7) is 6.53. The second-order valence-electron chi connectivity index (χ2n) is 8.24. The molecule has 0 saturated heterocycles. The summed E-state index contributed by atoms with van der Waals surface area (Å²) in [6, 6.07) is 13.5. The van der Waals surface area contributed by atoms with Crippen LogP contribution < -0.4 is 4.80 Å². The van der Waals surface area contributed by atoms with E-state index in [2.05, 4.69) is 42.9 Å². The fourth-order valence-corrected chi connectivity index (χ4v) is 5.32. The highest BCUT2D eigenvalue weighted by atomic mass is 32.1. The molecule has 1 heterocycles. The first-order valence-corrected chi connectivity index (χ1v) is 11.4. The smallest absolute Gasteiger partial charge is 0.270 e. The number of benzene rings is 2. The van der Waals surface area contributed by atoms with Crippen LogP contribution in [-0.4, -0.2) is 9.49 Å². The van der Waals surface area contributed by atoms with Crippen molar-refractivity contribution in [1.82, 2.24) is 4.57 Å². The Hall–Kier alpha value is -2.73. The molecule has 0 bridgehead atoms. The summed E-state index contributed by atoms with van der Waals surface area (Å²) < 4.78 is 2.34. The van der Waals surface area contributed by atoms with Gasteiger partial charge in [0.2, 0.25) is 0 Å². The van der Waals surface area contributed by atoms with E-state index in [0.29, 0.717) is 12.0 Å². The van der Waals surface area contributed by atoms with Gasteiger partial charge in [0.15, 0.2) is 4.80 Å². The highest BCUT2D eigenvalue weighted by Gasteiger charge is 2.26. The van der Waals surface area contributed by atoms with Gasteiger partial charge in [-0.3, -0.25) is 10.1 Å². The molecule has 4 rings (SSSR count). The Morgan fingerprint density at radius 3 is 2.67 bits per heavy atom. The number of rotatable bonds is 4. The number of thiazole rings is 1. The highest BCUT2D eigenvalue weighted by molar-refractivity contribution is 7.07. The maximum absolute atomic E-state index is 11.3. The van der Waals surface area contributed by atoms with Crippen LogP contribution in [0.1, 0.15) is 49.8 Å². The largest absolute Gasteiger partial charge is 0.313 e. The maximum atomic E-state index is 11.3. The zero-order chi connectivity index (χ0) is 21.3. The van der Waals surface area contributed by atoms with Crippen molar-refractivity contribution in [3.05, 3.63) is 73.9 Å². The van der Waals surface area contributed by atoms with Crippen molar-refractivity contribution >= 4 is 22.7 Å². The van der Waals surface area contributed by atoms with Gasteiger partial charge in [-0.05, 0) is 49.8 Å². The Kier molecular flexibility index (Phi) is 5.86. The molecule has 1 aliphatic carbocycles. The van der Waals surface area contributed by atoms with E-state index in [4.69, 9.17) is 4.99 Å². The Labute approximate surface area is 180 Å². The van der Waals surface area contributed by atoms with Crippen LogP contribution in [0.25, 0.3) is 11.3 Å². The topological polar surface area (TPSA) is 60.4 Å². The SMILES string of the molecule is Cc1cccc(N=c2scc(-c3cccc([N+](=O)[O-])c3)n2C2CCCCC2C)c1C. The second kappa shape index (κ2) is 8.56. The molecule has 2 aromatic carbocycles. The molecule has 156 valence electrons. The number of hydrogen-bond donors (Lipinski definition) is 0. The molecule has 1 saturated carbocycles. The van der Waals surface area contributed by atoms with Crippen LogP contribution in [0, 0.1) is 29.9 Å². The van der Waals surface area contributed by atoms with Gasteiger partial charge in [0, 0.05) is 29.1 Å². The van der Waals surface area contributed by atoms with Gasteiger partial charge in [-0.15, -0.1) is 11.3 Å². The number of hydrogen-bond acceptors (Lipinski definition) is 4. The van der Waals surface area contributed by atoms with Gasteiger partial charge >= 0.3 is 0 Å². The third kappa shape index (κ3) is 3.97. The van der Waals surface area contributed by atoms with Gasteiger partial charge < -0.3 is 4.57 Å². The normalized spacial score (nSPS) is 19.8. The number of nitro groups is 1. The van der Waals surface area contributed by atoms with E-state index in [-0.39, 0.29) is 10.6 Å². The van der Waals surface area contributed by atoms with Gasteiger partial charge in [0.1, 0.15) is 0 Å². The van der Waals surface area contributed by atoms with E-state index in [1.165, 1.54) is 30.4 Å². The fourth-order valence-electron chi connectivity index (χ4n) is 4.35. The molecule has 6 heteroatoms. The maximum Gasteiger partial charge on any atom is 0.270 e. The molecule has 2 unspecified atom stereocenters. The van der Waals surface area contributed by atoms with Gasteiger partial charge in [0.25, 0.3) is 5.69 Å². The third-order valence-electron chi connectivity index (χ3n) is 6.28. The first-order valence-electron chi connectivity index (χ1n) is 10.5. The summed E-state index contributed by atoms with van der Waals surface area (Å²) in [5.41, 5.74) is 5.41. The number of nitro benzene ring substituents is 1. The summed E-state index contributed by atoms with van der Waals surface area (Å²) in [5, 5.41) is 13.4. The zero-order valence-corrected chi connectivity index (χ0v) is 18.5. The summed E-state index contributed by atoms with van der Waals surface area (Å²) in [6.07, 6.45) is 4.78. The minimum Gasteiger partial charge on any atom is -0.313 e. The predicted molar refractivity (Wildman–Crippen MR) is 122 cm³/mol. The van der Waals surface area contributed by atoms with Crippen LogP contribution in [0.15, 0.2) is 52.8 Å². The van der Waals surface area contributed by atoms with Crippen molar-refractivity contribution in [1.29, 1.82) is 0 Å². The van der Waals surface area contributed by atoms with E-state index < -0.39 is 0 Å². The first-order chi connectivity index (χ1) is 14.5. The monoisotopic (exact) mass is 421 g/mol. The molecular weight excluding hydrogens is 394 g/mol. The van der Waals surface area contributed by atoms with Gasteiger partial charge in [0.05, 0.1) is 16.3 Å². The fraction of sp³-hybridized carbons (Fsp3) is 0.375. The van der Waals surface area contributed by atoms with E-state index >= 15 is 0 Å². The number of aromatic nitrogens is 1. The zero-order valence-electron chi connectivity index (χ0n) is 17.7.